The van der Waals surface area contributed by atoms with Gasteiger partial charge in [-0.15, -0.1) is 23.7 Å². The molecule has 1 aliphatic rings. The number of halogens is 1. The van der Waals surface area contributed by atoms with E-state index in [-0.39, 0.29) is 18.3 Å². The van der Waals surface area contributed by atoms with Crippen LogP contribution in [0.4, 0.5) is 0 Å². The number of hydrogen-bond acceptors (Lipinski definition) is 4. The highest BCUT2D eigenvalue weighted by molar-refractivity contribution is 7.09. The molecule has 0 spiro atoms. The maximum absolute atomic E-state index is 12.2. The first-order valence-electron chi connectivity index (χ1n) is 8.29. The summed E-state index contributed by atoms with van der Waals surface area (Å²) in [5, 5.41) is 12.9. The molecule has 0 aliphatic carbocycles. The molecule has 3 rings (SSSR count). The predicted molar refractivity (Wildman–Crippen MR) is 100 cm³/mol. The van der Waals surface area contributed by atoms with Crippen molar-refractivity contribution < 1.29 is 4.79 Å². The fourth-order valence-corrected chi connectivity index (χ4v) is 3.79. The van der Waals surface area contributed by atoms with Crippen molar-refractivity contribution in [3.05, 3.63) is 40.3 Å². The lowest BCUT2D eigenvalue weighted by molar-refractivity contribution is 0.0941. The van der Waals surface area contributed by atoms with Crippen molar-refractivity contribution in [2.75, 3.05) is 19.6 Å². The van der Waals surface area contributed by atoms with Gasteiger partial charge in [-0.2, -0.15) is 5.10 Å². The number of piperidine rings is 1. The SMILES string of the molecule is CC(CNC(=O)c1ccn(C2CCCNC2)n1)Cc1cccs1.Cl. The number of carbonyl (C=O) groups excluding carboxylic acids is 1. The Labute approximate surface area is 153 Å². The van der Waals surface area contributed by atoms with Crippen molar-refractivity contribution in [3.63, 3.8) is 0 Å². The largest absolute Gasteiger partial charge is 0.350 e. The van der Waals surface area contributed by atoms with Gasteiger partial charge in [-0.3, -0.25) is 9.48 Å². The summed E-state index contributed by atoms with van der Waals surface area (Å²) in [5.41, 5.74) is 0.513. The summed E-state index contributed by atoms with van der Waals surface area (Å²) in [7, 11) is 0. The van der Waals surface area contributed by atoms with Crippen LogP contribution in [0.3, 0.4) is 0 Å². The molecule has 1 aliphatic heterocycles. The first-order valence-corrected chi connectivity index (χ1v) is 9.17. The third kappa shape index (κ3) is 5.06. The third-order valence-corrected chi connectivity index (χ3v) is 5.13. The van der Waals surface area contributed by atoms with E-state index < -0.39 is 0 Å². The lowest BCUT2D eigenvalue weighted by atomic mass is 10.1. The highest BCUT2D eigenvalue weighted by atomic mass is 35.5. The van der Waals surface area contributed by atoms with E-state index in [9.17, 15) is 4.79 Å². The zero-order valence-corrected chi connectivity index (χ0v) is 15.5. The summed E-state index contributed by atoms with van der Waals surface area (Å²) >= 11 is 1.77. The molecule has 5 nitrogen and oxygen atoms in total. The zero-order chi connectivity index (χ0) is 16.1. The summed E-state index contributed by atoms with van der Waals surface area (Å²) in [6.07, 6.45) is 5.20. The Morgan fingerprint density at radius 2 is 2.42 bits per heavy atom. The normalized spacial score (nSPS) is 18.6. The highest BCUT2D eigenvalue weighted by Crippen LogP contribution is 2.16. The molecule has 2 unspecified atom stereocenters. The third-order valence-electron chi connectivity index (χ3n) is 4.23. The minimum atomic E-state index is -0.0782. The number of amides is 1. The predicted octanol–water partition coefficient (Wildman–Crippen LogP) is 2.90. The van der Waals surface area contributed by atoms with Gasteiger partial charge in [0.15, 0.2) is 0 Å². The van der Waals surface area contributed by atoms with Gasteiger partial charge in [0.2, 0.25) is 0 Å². The average molecular weight is 369 g/mol. The number of carbonyl (C=O) groups is 1. The lowest BCUT2D eigenvalue weighted by Gasteiger charge is -2.22. The van der Waals surface area contributed by atoms with Crippen LogP contribution in [-0.4, -0.2) is 35.3 Å². The van der Waals surface area contributed by atoms with Gasteiger partial charge in [0.25, 0.3) is 5.91 Å². The molecular weight excluding hydrogens is 344 g/mol. The van der Waals surface area contributed by atoms with Crippen LogP contribution >= 0.6 is 23.7 Å². The molecule has 0 saturated carbocycles. The fraction of sp³-hybridized carbons (Fsp3) is 0.529. The van der Waals surface area contributed by atoms with Gasteiger partial charge in [-0.25, -0.2) is 0 Å². The molecule has 2 aromatic rings. The Balaban J connectivity index is 0.00000208. The smallest absolute Gasteiger partial charge is 0.271 e. The first kappa shape index (κ1) is 19.0. The summed E-state index contributed by atoms with van der Waals surface area (Å²) in [5.74, 6) is 0.341. The van der Waals surface area contributed by atoms with Gasteiger partial charge in [0, 0.05) is 24.2 Å². The molecule has 1 saturated heterocycles. The van der Waals surface area contributed by atoms with Crippen LogP contribution in [0, 0.1) is 5.92 Å². The summed E-state index contributed by atoms with van der Waals surface area (Å²) in [4.78, 5) is 13.6. The van der Waals surface area contributed by atoms with Crippen LogP contribution in [-0.2, 0) is 6.42 Å². The zero-order valence-electron chi connectivity index (χ0n) is 13.9. The quantitative estimate of drug-likeness (QED) is 0.824. The van der Waals surface area contributed by atoms with E-state index in [0.29, 0.717) is 24.2 Å². The van der Waals surface area contributed by atoms with Crippen LogP contribution in [0.2, 0.25) is 0 Å². The number of hydrogen-bond donors (Lipinski definition) is 2. The van der Waals surface area contributed by atoms with Crippen LogP contribution in [0.1, 0.15) is 41.2 Å². The van der Waals surface area contributed by atoms with Crippen LogP contribution in [0.25, 0.3) is 0 Å². The number of rotatable bonds is 6. The maximum Gasteiger partial charge on any atom is 0.271 e. The Bertz CT molecular complexity index is 622. The molecule has 2 aromatic heterocycles. The Morgan fingerprint density at radius 3 is 3.12 bits per heavy atom. The Kier molecular flexibility index (Phi) is 7.27. The van der Waals surface area contributed by atoms with Gasteiger partial charge >= 0.3 is 0 Å². The maximum atomic E-state index is 12.2. The first-order chi connectivity index (χ1) is 11.2. The van der Waals surface area contributed by atoms with Gasteiger partial charge in [0.1, 0.15) is 5.69 Å². The van der Waals surface area contributed by atoms with E-state index in [2.05, 4.69) is 40.2 Å². The average Bonchev–Trinajstić information content (AvgIpc) is 3.25. The second-order valence-electron chi connectivity index (χ2n) is 6.28. The molecule has 1 amide bonds. The van der Waals surface area contributed by atoms with Crippen molar-refractivity contribution in [2.24, 2.45) is 5.92 Å². The van der Waals surface area contributed by atoms with Crippen molar-refractivity contribution in [1.29, 1.82) is 0 Å². The molecule has 0 bridgehead atoms. The monoisotopic (exact) mass is 368 g/mol. The van der Waals surface area contributed by atoms with Crippen LogP contribution in [0.15, 0.2) is 29.8 Å². The number of aromatic nitrogens is 2. The standard InChI is InChI=1S/C17H24N4OS.ClH/c1-13(10-15-5-3-9-23-15)11-19-17(22)16-6-8-21(20-16)14-4-2-7-18-12-14;/h3,5-6,8-9,13-14,18H,2,4,7,10-12H2,1H3,(H,19,22);1H. The van der Waals surface area contributed by atoms with Gasteiger partial charge in [0.05, 0.1) is 6.04 Å². The molecule has 1 fully saturated rings. The minimum Gasteiger partial charge on any atom is -0.350 e. The summed E-state index contributed by atoms with van der Waals surface area (Å²) < 4.78 is 1.93. The molecule has 7 heteroatoms. The molecule has 2 N–H and O–H groups in total. The summed E-state index contributed by atoms with van der Waals surface area (Å²) in [6, 6.07) is 6.39. The van der Waals surface area contributed by atoms with Gasteiger partial charge in [-0.05, 0) is 49.2 Å². The van der Waals surface area contributed by atoms with E-state index >= 15 is 0 Å². The molecule has 24 heavy (non-hydrogen) atoms. The second-order valence-corrected chi connectivity index (χ2v) is 7.31. The molecule has 3 heterocycles. The molecule has 0 aromatic carbocycles. The number of nitrogens with one attached hydrogen (secondary N) is 2. The summed E-state index contributed by atoms with van der Waals surface area (Å²) in [6.45, 7) is 4.84. The van der Waals surface area contributed by atoms with E-state index in [1.807, 2.05) is 16.9 Å². The topological polar surface area (TPSA) is 59.0 Å². The second kappa shape index (κ2) is 9.20. The van der Waals surface area contributed by atoms with E-state index in [4.69, 9.17) is 0 Å². The number of thiophene rings is 1. The van der Waals surface area contributed by atoms with Crippen LogP contribution < -0.4 is 10.6 Å². The van der Waals surface area contributed by atoms with E-state index in [0.717, 1.165) is 32.4 Å². The minimum absolute atomic E-state index is 0. The van der Waals surface area contributed by atoms with Crippen LogP contribution in [0.5, 0.6) is 0 Å². The van der Waals surface area contributed by atoms with Crippen molar-refractivity contribution >= 4 is 29.7 Å². The molecule has 2 atom stereocenters. The highest BCUT2D eigenvalue weighted by Gasteiger charge is 2.18. The lowest BCUT2D eigenvalue weighted by Crippen LogP contribution is -2.32. The van der Waals surface area contributed by atoms with Crippen molar-refractivity contribution in [2.45, 2.75) is 32.2 Å². The van der Waals surface area contributed by atoms with E-state index in [1.54, 1.807) is 11.3 Å². The molecule has 0 radical (unpaired) electrons. The molecular formula is C17H25ClN4OS. The van der Waals surface area contributed by atoms with Crippen molar-refractivity contribution in [1.82, 2.24) is 20.4 Å². The molecule has 132 valence electrons. The van der Waals surface area contributed by atoms with Gasteiger partial charge in [-0.1, -0.05) is 13.0 Å². The van der Waals surface area contributed by atoms with Gasteiger partial charge < -0.3 is 10.6 Å². The van der Waals surface area contributed by atoms with Crippen molar-refractivity contribution in [3.8, 4) is 0 Å². The number of nitrogens with zero attached hydrogens (tertiary/aromatic N) is 2. The van der Waals surface area contributed by atoms with E-state index in [1.165, 1.54) is 4.88 Å². The fourth-order valence-electron chi connectivity index (χ4n) is 2.92. The Morgan fingerprint density at radius 1 is 1.54 bits per heavy atom. The Hall–Kier alpha value is -1.37.